The van der Waals surface area contributed by atoms with Gasteiger partial charge in [-0.1, -0.05) is 32.0 Å². The number of aryl methyl sites for hydroxylation is 2. The van der Waals surface area contributed by atoms with Crippen LogP contribution in [-0.2, 0) is 13.0 Å². The van der Waals surface area contributed by atoms with Gasteiger partial charge in [-0.05, 0) is 66.3 Å². The van der Waals surface area contributed by atoms with Crippen LogP contribution >= 0.6 is 11.3 Å². The van der Waals surface area contributed by atoms with E-state index in [0.29, 0.717) is 5.92 Å². The second-order valence-corrected chi connectivity index (χ2v) is 8.00. The molecule has 0 saturated heterocycles. The molecule has 0 aliphatic heterocycles. The van der Waals surface area contributed by atoms with E-state index in [4.69, 9.17) is 0 Å². The maximum atomic E-state index is 4.31. The van der Waals surface area contributed by atoms with Crippen molar-refractivity contribution in [2.24, 2.45) is 5.92 Å². The van der Waals surface area contributed by atoms with Crippen molar-refractivity contribution in [3.8, 4) is 11.1 Å². The highest BCUT2D eigenvalue weighted by molar-refractivity contribution is 7.10. The number of thiophene rings is 1. The molecule has 3 aromatic rings. The summed E-state index contributed by atoms with van der Waals surface area (Å²) in [5.41, 5.74) is 6.88. The van der Waals surface area contributed by atoms with E-state index >= 15 is 0 Å². The van der Waals surface area contributed by atoms with Crippen LogP contribution in [0.1, 0.15) is 41.2 Å². The van der Waals surface area contributed by atoms with E-state index < -0.39 is 0 Å². The van der Waals surface area contributed by atoms with Crippen molar-refractivity contribution in [2.75, 3.05) is 0 Å². The fraction of sp³-hybridized carbons (Fsp3) is 0.381. The van der Waals surface area contributed by atoms with E-state index in [2.05, 4.69) is 67.7 Å². The maximum Gasteiger partial charge on any atom is 0.105 e. The van der Waals surface area contributed by atoms with Crippen molar-refractivity contribution in [1.82, 2.24) is 9.55 Å². The van der Waals surface area contributed by atoms with Gasteiger partial charge < -0.3 is 4.57 Å². The molecule has 0 unspecified atom stereocenters. The number of hydrogen-bond donors (Lipinski definition) is 0. The van der Waals surface area contributed by atoms with Crippen LogP contribution in [-0.4, -0.2) is 9.55 Å². The summed E-state index contributed by atoms with van der Waals surface area (Å²) in [6, 6.07) is 6.86. The molecule has 24 heavy (non-hydrogen) atoms. The standard InChI is InChI=1S/C21H26N2S/c1-14(2)10-21-16(4)20(13-24-21)18-6-7-19(15(3)11-18)12-23-9-8-22-17(23)5/h6-9,11,13-14H,10,12H2,1-5H3. The summed E-state index contributed by atoms with van der Waals surface area (Å²) in [6.07, 6.45) is 5.08. The summed E-state index contributed by atoms with van der Waals surface area (Å²) in [4.78, 5) is 5.83. The van der Waals surface area contributed by atoms with Gasteiger partial charge in [-0.2, -0.15) is 0 Å². The van der Waals surface area contributed by atoms with Gasteiger partial charge in [-0.15, -0.1) is 11.3 Å². The molecule has 2 aromatic heterocycles. The van der Waals surface area contributed by atoms with Gasteiger partial charge in [0.05, 0.1) is 0 Å². The van der Waals surface area contributed by atoms with Crippen LogP contribution in [0.3, 0.4) is 0 Å². The van der Waals surface area contributed by atoms with Crippen LogP contribution in [0.2, 0.25) is 0 Å². The van der Waals surface area contributed by atoms with Gasteiger partial charge in [0.2, 0.25) is 0 Å². The van der Waals surface area contributed by atoms with Crippen molar-refractivity contribution in [1.29, 1.82) is 0 Å². The summed E-state index contributed by atoms with van der Waals surface area (Å²) in [5.74, 6) is 1.77. The molecule has 0 radical (unpaired) electrons. The highest BCUT2D eigenvalue weighted by atomic mass is 32.1. The fourth-order valence-electron chi connectivity index (χ4n) is 3.11. The predicted octanol–water partition coefficient (Wildman–Crippen LogP) is 5.78. The molecule has 3 rings (SSSR count). The summed E-state index contributed by atoms with van der Waals surface area (Å²) in [5, 5.41) is 2.32. The van der Waals surface area contributed by atoms with E-state index in [0.717, 1.165) is 12.4 Å². The van der Waals surface area contributed by atoms with E-state index in [-0.39, 0.29) is 0 Å². The molecule has 2 nitrogen and oxygen atoms in total. The van der Waals surface area contributed by atoms with E-state index in [1.54, 1.807) is 0 Å². The lowest BCUT2D eigenvalue weighted by Gasteiger charge is -2.11. The number of imidazole rings is 1. The number of benzene rings is 1. The zero-order valence-corrected chi connectivity index (χ0v) is 16.1. The Labute approximate surface area is 149 Å². The molecule has 0 aliphatic rings. The Morgan fingerprint density at radius 3 is 2.58 bits per heavy atom. The molecule has 3 heteroatoms. The highest BCUT2D eigenvalue weighted by Crippen LogP contribution is 2.33. The van der Waals surface area contributed by atoms with Crippen molar-refractivity contribution < 1.29 is 0 Å². The molecular formula is C21H26N2S. The first-order chi connectivity index (χ1) is 11.5. The van der Waals surface area contributed by atoms with Crippen LogP contribution in [0, 0.1) is 26.7 Å². The molecule has 0 N–H and O–H groups in total. The number of rotatable bonds is 5. The molecule has 0 fully saturated rings. The second kappa shape index (κ2) is 6.94. The Morgan fingerprint density at radius 1 is 1.17 bits per heavy atom. The average Bonchev–Trinajstić information content (AvgIpc) is 3.08. The first-order valence-electron chi connectivity index (χ1n) is 8.60. The molecule has 126 valence electrons. The molecule has 0 bridgehead atoms. The van der Waals surface area contributed by atoms with Gasteiger partial charge in [-0.25, -0.2) is 4.98 Å². The third kappa shape index (κ3) is 3.46. The van der Waals surface area contributed by atoms with Crippen LogP contribution < -0.4 is 0 Å². The van der Waals surface area contributed by atoms with Gasteiger partial charge in [0.25, 0.3) is 0 Å². The van der Waals surface area contributed by atoms with E-state index in [1.807, 2.05) is 23.7 Å². The van der Waals surface area contributed by atoms with Crippen LogP contribution in [0.25, 0.3) is 11.1 Å². The Bertz CT molecular complexity index is 839. The quantitative estimate of drug-likeness (QED) is 0.576. The first kappa shape index (κ1) is 17.0. The second-order valence-electron chi connectivity index (χ2n) is 7.04. The Hall–Kier alpha value is -1.87. The fourth-order valence-corrected chi connectivity index (χ4v) is 4.40. The number of aromatic nitrogens is 2. The lowest BCUT2D eigenvalue weighted by atomic mass is 9.97. The third-order valence-corrected chi connectivity index (χ3v) is 5.76. The van der Waals surface area contributed by atoms with Gasteiger partial charge in [0, 0.05) is 23.8 Å². The van der Waals surface area contributed by atoms with E-state index in [9.17, 15) is 0 Å². The van der Waals surface area contributed by atoms with Gasteiger partial charge in [-0.3, -0.25) is 0 Å². The zero-order valence-electron chi connectivity index (χ0n) is 15.3. The molecule has 2 heterocycles. The van der Waals surface area contributed by atoms with Gasteiger partial charge >= 0.3 is 0 Å². The number of hydrogen-bond acceptors (Lipinski definition) is 2. The molecule has 0 aliphatic carbocycles. The van der Waals surface area contributed by atoms with Crippen molar-refractivity contribution in [3.63, 3.8) is 0 Å². The molecular weight excluding hydrogens is 312 g/mol. The van der Waals surface area contributed by atoms with Crippen molar-refractivity contribution in [3.05, 3.63) is 63.4 Å². The topological polar surface area (TPSA) is 17.8 Å². The monoisotopic (exact) mass is 338 g/mol. The van der Waals surface area contributed by atoms with Crippen LogP contribution in [0.4, 0.5) is 0 Å². The molecule has 0 spiro atoms. The summed E-state index contributed by atoms with van der Waals surface area (Å²) >= 11 is 1.90. The Kier molecular flexibility index (Phi) is 4.91. The third-order valence-electron chi connectivity index (χ3n) is 4.65. The largest absolute Gasteiger partial charge is 0.331 e. The smallest absolute Gasteiger partial charge is 0.105 e. The maximum absolute atomic E-state index is 4.31. The molecule has 1 aromatic carbocycles. The molecule has 0 amide bonds. The van der Waals surface area contributed by atoms with Crippen molar-refractivity contribution >= 4 is 11.3 Å². The first-order valence-corrected chi connectivity index (χ1v) is 9.48. The minimum absolute atomic E-state index is 0.706. The Morgan fingerprint density at radius 2 is 1.96 bits per heavy atom. The normalized spacial score (nSPS) is 11.4. The molecule has 0 saturated carbocycles. The lowest BCUT2D eigenvalue weighted by molar-refractivity contribution is 0.652. The average molecular weight is 339 g/mol. The lowest BCUT2D eigenvalue weighted by Crippen LogP contribution is -2.02. The highest BCUT2D eigenvalue weighted by Gasteiger charge is 2.12. The SMILES string of the molecule is Cc1cc(-c2csc(CC(C)C)c2C)ccc1Cn1ccnc1C. The predicted molar refractivity (Wildman–Crippen MR) is 104 cm³/mol. The molecule has 0 atom stereocenters. The summed E-state index contributed by atoms with van der Waals surface area (Å²) < 4.78 is 2.19. The van der Waals surface area contributed by atoms with E-state index in [1.165, 1.54) is 39.1 Å². The van der Waals surface area contributed by atoms with Crippen LogP contribution in [0.5, 0.6) is 0 Å². The van der Waals surface area contributed by atoms with Gasteiger partial charge in [0.15, 0.2) is 0 Å². The summed E-state index contributed by atoms with van der Waals surface area (Å²) in [6.45, 7) is 12.0. The zero-order chi connectivity index (χ0) is 17.3. The van der Waals surface area contributed by atoms with Crippen molar-refractivity contribution in [2.45, 2.75) is 47.6 Å². The van der Waals surface area contributed by atoms with Gasteiger partial charge in [0.1, 0.15) is 5.82 Å². The Balaban J connectivity index is 1.87. The minimum Gasteiger partial charge on any atom is -0.331 e. The van der Waals surface area contributed by atoms with Crippen LogP contribution in [0.15, 0.2) is 36.0 Å². The minimum atomic E-state index is 0.706. The summed E-state index contributed by atoms with van der Waals surface area (Å²) in [7, 11) is 0. The number of nitrogens with zero attached hydrogens (tertiary/aromatic N) is 2.